The number of aromatic nitrogens is 1. The van der Waals surface area contributed by atoms with E-state index in [2.05, 4.69) is 4.99 Å². The summed E-state index contributed by atoms with van der Waals surface area (Å²) in [5.74, 6) is -0.306. The Kier molecular flexibility index (Phi) is 8.07. The standard InChI is InChI=1S/C29H28N2O6S/c1-17(2)37-28(34)24-18(3)30-29-31(25(24)20-13-15-21(16-14-20)27(33)36-5)26(32)23(38-29)12-8-10-19-9-6-7-11-22(19)35-4/h6-17,25H,1-5H3. The minimum atomic E-state index is -0.774. The summed E-state index contributed by atoms with van der Waals surface area (Å²) < 4.78 is 17.7. The monoisotopic (exact) mass is 532 g/mol. The van der Waals surface area contributed by atoms with Crippen LogP contribution in [0.5, 0.6) is 5.75 Å². The topological polar surface area (TPSA) is 96.2 Å². The zero-order valence-electron chi connectivity index (χ0n) is 21.8. The average Bonchev–Trinajstić information content (AvgIpc) is 3.21. The van der Waals surface area contributed by atoms with Crippen molar-refractivity contribution in [2.45, 2.75) is 32.9 Å². The normalized spacial score (nSPS) is 15.4. The predicted octanol–water partition coefficient (Wildman–Crippen LogP) is 3.65. The van der Waals surface area contributed by atoms with E-state index in [0.29, 0.717) is 26.2 Å². The molecule has 0 saturated heterocycles. The van der Waals surface area contributed by atoms with Crippen LogP contribution in [0.4, 0.5) is 0 Å². The molecule has 38 heavy (non-hydrogen) atoms. The number of rotatable bonds is 7. The molecule has 0 N–H and O–H groups in total. The molecule has 0 spiro atoms. The molecule has 0 bridgehead atoms. The van der Waals surface area contributed by atoms with Crippen molar-refractivity contribution in [3.63, 3.8) is 0 Å². The molecule has 1 aliphatic heterocycles. The maximum Gasteiger partial charge on any atom is 0.338 e. The summed E-state index contributed by atoms with van der Waals surface area (Å²) >= 11 is 1.23. The predicted molar refractivity (Wildman–Crippen MR) is 146 cm³/mol. The maximum atomic E-state index is 13.7. The van der Waals surface area contributed by atoms with Gasteiger partial charge in [0.15, 0.2) is 4.80 Å². The van der Waals surface area contributed by atoms with Gasteiger partial charge in [-0.15, -0.1) is 0 Å². The number of allylic oxidation sites excluding steroid dienone is 2. The number of fused-ring (bicyclic) bond motifs is 1. The zero-order valence-corrected chi connectivity index (χ0v) is 22.6. The largest absolute Gasteiger partial charge is 0.496 e. The summed E-state index contributed by atoms with van der Waals surface area (Å²) in [5, 5.41) is 0. The fourth-order valence-electron chi connectivity index (χ4n) is 4.15. The number of nitrogens with zero attached hydrogens (tertiary/aromatic N) is 2. The van der Waals surface area contributed by atoms with Crippen molar-refractivity contribution in [3.8, 4) is 5.75 Å². The molecule has 2 heterocycles. The van der Waals surface area contributed by atoms with Gasteiger partial charge >= 0.3 is 11.9 Å². The minimum absolute atomic E-state index is 0.271. The number of para-hydroxylation sites is 1. The van der Waals surface area contributed by atoms with Gasteiger partial charge in [-0.05, 0) is 50.6 Å². The molecule has 0 radical (unpaired) electrons. The smallest absolute Gasteiger partial charge is 0.338 e. The summed E-state index contributed by atoms with van der Waals surface area (Å²) in [6.45, 7) is 5.25. The van der Waals surface area contributed by atoms with E-state index in [-0.39, 0.29) is 17.2 Å². The first-order valence-corrected chi connectivity index (χ1v) is 12.8. The third kappa shape index (κ3) is 5.38. The number of methoxy groups -OCH3 is 2. The van der Waals surface area contributed by atoms with E-state index >= 15 is 0 Å². The molecule has 0 amide bonds. The maximum absolute atomic E-state index is 13.7. The number of thiazole rings is 1. The molecule has 2 aromatic carbocycles. The van der Waals surface area contributed by atoms with E-state index in [0.717, 1.165) is 11.3 Å². The first-order chi connectivity index (χ1) is 18.2. The summed E-state index contributed by atoms with van der Waals surface area (Å²) in [7, 11) is 2.91. The van der Waals surface area contributed by atoms with E-state index in [1.165, 1.54) is 23.0 Å². The fourth-order valence-corrected chi connectivity index (χ4v) is 5.15. The van der Waals surface area contributed by atoms with Gasteiger partial charge in [-0.3, -0.25) is 9.36 Å². The van der Waals surface area contributed by atoms with Crippen molar-refractivity contribution >= 4 is 35.4 Å². The molecule has 1 unspecified atom stereocenters. The van der Waals surface area contributed by atoms with Crippen LogP contribution < -0.4 is 19.6 Å². The number of hydrogen-bond donors (Lipinski definition) is 0. The lowest BCUT2D eigenvalue weighted by molar-refractivity contribution is -0.143. The number of carbonyl (C=O) groups excluding carboxylic acids is 2. The van der Waals surface area contributed by atoms with Gasteiger partial charge in [0.25, 0.3) is 5.56 Å². The third-order valence-electron chi connectivity index (χ3n) is 5.89. The molecular weight excluding hydrogens is 504 g/mol. The van der Waals surface area contributed by atoms with E-state index in [9.17, 15) is 14.4 Å². The molecule has 1 atom stereocenters. The van der Waals surface area contributed by atoms with Crippen LogP contribution in [-0.2, 0) is 14.3 Å². The van der Waals surface area contributed by atoms with Crippen LogP contribution in [0, 0.1) is 0 Å². The molecule has 0 saturated carbocycles. The molecule has 0 aliphatic carbocycles. The summed E-state index contributed by atoms with van der Waals surface area (Å²) in [6.07, 6.45) is 5.01. The molecule has 4 rings (SSSR count). The second-order valence-corrected chi connectivity index (χ2v) is 9.78. The van der Waals surface area contributed by atoms with Gasteiger partial charge in [0.1, 0.15) is 5.75 Å². The molecule has 8 nitrogen and oxygen atoms in total. The second-order valence-electron chi connectivity index (χ2n) is 8.77. The third-order valence-corrected chi connectivity index (χ3v) is 6.90. The second kappa shape index (κ2) is 11.4. The van der Waals surface area contributed by atoms with E-state index in [1.54, 1.807) is 64.3 Å². The van der Waals surface area contributed by atoms with Gasteiger partial charge in [0, 0.05) is 5.56 Å². The average molecular weight is 533 g/mol. The fraction of sp³-hybridized carbons (Fsp3) is 0.241. The molecule has 1 aromatic heterocycles. The molecule has 0 fully saturated rings. The van der Waals surface area contributed by atoms with Crippen molar-refractivity contribution in [3.05, 3.63) is 102 Å². The van der Waals surface area contributed by atoms with Crippen LogP contribution in [0.25, 0.3) is 12.2 Å². The molecular formula is C29H28N2O6S. The minimum Gasteiger partial charge on any atom is -0.496 e. The highest BCUT2D eigenvalue weighted by Gasteiger charge is 2.33. The van der Waals surface area contributed by atoms with Gasteiger partial charge in [0.05, 0.1) is 47.7 Å². The first kappa shape index (κ1) is 26.8. The Balaban J connectivity index is 1.84. The van der Waals surface area contributed by atoms with Crippen molar-refractivity contribution in [2.24, 2.45) is 4.99 Å². The molecule has 196 valence electrons. The Labute approximate surface area is 223 Å². The van der Waals surface area contributed by atoms with E-state index in [1.807, 2.05) is 30.3 Å². The zero-order chi connectivity index (χ0) is 27.4. The number of esters is 2. The number of carbonyl (C=O) groups is 2. The van der Waals surface area contributed by atoms with Crippen LogP contribution in [0.3, 0.4) is 0 Å². The van der Waals surface area contributed by atoms with Crippen molar-refractivity contribution in [2.75, 3.05) is 14.2 Å². The van der Waals surface area contributed by atoms with Crippen LogP contribution in [0.15, 0.2) is 75.7 Å². The van der Waals surface area contributed by atoms with Gasteiger partial charge < -0.3 is 14.2 Å². The van der Waals surface area contributed by atoms with Crippen LogP contribution in [0.1, 0.15) is 48.3 Å². The van der Waals surface area contributed by atoms with Crippen molar-refractivity contribution in [1.29, 1.82) is 0 Å². The summed E-state index contributed by atoms with van der Waals surface area (Å²) in [4.78, 5) is 43.8. The Bertz CT molecular complexity index is 1610. The molecule has 1 aliphatic rings. The van der Waals surface area contributed by atoms with Crippen molar-refractivity contribution < 1.29 is 23.8 Å². The summed E-state index contributed by atoms with van der Waals surface area (Å²) in [6, 6.07) is 13.4. The number of hydrogen-bond acceptors (Lipinski definition) is 8. The SMILES string of the molecule is COC(=O)c1ccc(C2C(C(=O)OC(C)C)=C(C)N=c3sc(=CC=Cc4ccccc4OC)c(=O)n32)cc1. The summed E-state index contributed by atoms with van der Waals surface area (Å²) in [5.41, 5.74) is 2.32. The number of ether oxygens (including phenoxy) is 3. The van der Waals surface area contributed by atoms with E-state index in [4.69, 9.17) is 14.2 Å². The molecule has 3 aromatic rings. The highest BCUT2D eigenvalue weighted by atomic mass is 32.1. The van der Waals surface area contributed by atoms with Gasteiger partial charge in [-0.1, -0.05) is 53.8 Å². The van der Waals surface area contributed by atoms with Gasteiger partial charge in [-0.2, -0.15) is 0 Å². The quantitative estimate of drug-likeness (QED) is 0.431. The van der Waals surface area contributed by atoms with Crippen LogP contribution >= 0.6 is 11.3 Å². The Hall–Kier alpha value is -4.24. The highest BCUT2D eigenvalue weighted by molar-refractivity contribution is 7.07. The molecule has 9 heteroatoms. The van der Waals surface area contributed by atoms with E-state index < -0.39 is 18.0 Å². The Morgan fingerprint density at radius 3 is 2.42 bits per heavy atom. The Morgan fingerprint density at radius 2 is 1.76 bits per heavy atom. The number of benzene rings is 2. The lowest BCUT2D eigenvalue weighted by atomic mass is 9.95. The van der Waals surface area contributed by atoms with Crippen LogP contribution in [0.2, 0.25) is 0 Å². The first-order valence-electron chi connectivity index (χ1n) is 12.0. The van der Waals surface area contributed by atoms with Gasteiger partial charge in [0.2, 0.25) is 0 Å². The lowest BCUT2D eigenvalue weighted by Crippen LogP contribution is -2.40. The lowest BCUT2D eigenvalue weighted by Gasteiger charge is -2.25. The Morgan fingerprint density at radius 1 is 1.05 bits per heavy atom. The van der Waals surface area contributed by atoms with Crippen molar-refractivity contribution in [1.82, 2.24) is 4.57 Å². The van der Waals surface area contributed by atoms with Gasteiger partial charge in [-0.25, -0.2) is 14.6 Å². The highest BCUT2D eigenvalue weighted by Crippen LogP contribution is 2.31. The van der Waals surface area contributed by atoms with Crippen LogP contribution in [-0.4, -0.2) is 36.8 Å².